The van der Waals surface area contributed by atoms with Crippen molar-refractivity contribution < 1.29 is 27.5 Å². The van der Waals surface area contributed by atoms with Gasteiger partial charge in [-0.05, 0) is 43.4 Å². The van der Waals surface area contributed by atoms with Crippen LogP contribution >= 0.6 is 0 Å². The molecule has 1 aliphatic carbocycles. The van der Waals surface area contributed by atoms with Gasteiger partial charge in [0.15, 0.2) is 6.10 Å². The normalized spacial score (nSPS) is 23.5. The molecule has 1 aromatic carbocycles. The largest absolute Gasteiger partial charge is 0.496 e. The first kappa shape index (κ1) is 22.2. The van der Waals surface area contributed by atoms with Crippen LogP contribution in [0.2, 0.25) is 0 Å². The Hall–Kier alpha value is -2.13. The molecule has 28 heavy (non-hydrogen) atoms. The summed E-state index contributed by atoms with van der Waals surface area (Å²) in [5.41, 5.74) is -0.117. The Balaban J connectivity index is 2.10. The molecular weight excluding hydrogens is 384 g/mol. The van der Waals surface area contributed by atoms with E-state index in [2.05, 4.69) is 19.2 Å². The molecule has 0 spiro atoms. The molecule has 8 nitrogen and oxygen atoms in total. The molecule has 1 fully saturated rings. The van der Waals surface area contributed by atoms with Crippen LogP contribution in [0.5, 0.6) is 5.75 Å². The molecule has 2 rings (SSSR count). The van der Waals surface area contributed by atoms with Gasteiger partial charge in [-0.15, -0.1) is 0 Å². The summed E-state index contributed by atoms with van der Waals surface area (Å²) < 4.78 is 33.4. The van der Waals surface area contributed by atoms with Crippen molar-refractivity contribution in [1.82, 2.24) is 5.32 Å². The summed E-state index contributed by atoms with van der Waals surface area (Å²) >= 11 is 0. The number of primary sulfonamides is 1. The third-order valence-corrected chi connectivity index (χ3v) is 6.32. The van der Waals surface area contributed by atoms with Gasteiger partial charge < -0.3 is 14.8 Å². The van der Waals surface area contributed by atoms with Gasteiger partial charge in [0.25, 0.3) is 5.91 Å². The molecule has 0 aliphatic heterocycles. The van der Waals surface area contributed by atoms with Crippen LogP contribution in [0.15, 0.2) is 23.1 Å². The minimum Gasteiger partial charge on any atom is -0.496 e. The summed E-state index contributed by atoms with van der Waals surface area (Å²) in [7, 11) is -2.66. The Kier molecular flexibility index (Phi) is 7.06. The second-order valence-electron chi connectivity index (χ2n) is 7.34. The second kappa shape index (κ2) is 8.91. The Morgan fingerprint density at radius 2 is 1.93 bits per heavy atom. The number of amides is 1. The van der Waals surface area contributed by atoms with Gasteiger partial charge in [-0.1, -0.05) is 26.7 Å². The molecule has 1 aromatic rings. The van der Waals surface area contributed by atoms with E-state index in [1.54, 1.807) is 0 Å². The Labute approximate surface area is 165 Å². The highest BCUT2D eigenvalue weighted by Gasteiger charge is 2.30. The smallest absolute Gasteiger partial charge is 0.342 e. The fraction of sp³-hybridized carbons (Fsp3) is 0.579. The van der Waals surface area contributed by atoms with Gasteiger partial charge in [0.2, 0.25) is 10.0 Å². The first-order valence-electron chi connectivity index (χ1n) is 9.26. The summed E-state index contributed by atoms with van der Waals surface area (Å²) in [5.74, 6) is -0.273. The lowest BCUT2D eigenvalue weighted by molar-refractivity contribution is -0.130. The molecule has 0 heterocycles. The first-order chi connectivity index (χ1) is 13.0. The van der Waals surface area contributed by atoms with Crippen molar-refractivity contribution in [2.24, 2.45) is 17.0 Å². The van der Waals surface area contributed by atoms with Gasteiger partial charge in [0.05, 0.1) is 12.0 Å². The number of hydrogen-bond acceptors (Lipinski definition) is 6. The molecule has 156 valence electrons. The van der Waals surface area contributed by atoms with E-state index in [1.807, 2.05) is 0 Å². The summed E-state index contributed by atoms with van der Waals surface area (Å²) in [4.78, 5) is 24.7. The molecule has 3 N–H and O–H groups in total. The topological polar surface area (TPSA) is 125 Å². The van der Waals surface area contributed by atoms with E-state index in [0.717, 1.165) is 25.3 Å². The Morgan fingerprint density at radius 1 is 1.25 bits per heavy atom. The zero-order valence-corrected chi connectivity index (χ0v) is 17.4. The number of carbonyl (C=O) groups excluding carboxylic acids is 2. The maximum absolute atomic E-state index is 12.5. The predicted octanol–water partition coefficient (Wildman–Crippen LogP) is 1.83. The van der Waals surface area contributed by atoms with E-state index in [-0.39, 0.29) is 28.2 Å². The molecule has 0 bridgehead atoms. The summed E-state index contributed by atoms with van der Waals surface area (Å²) in [6.45, 7) is 5.74. The van der Waals surface area contributed by atoms with Crippen LogP contribution in [-0.2, 0) is 19.6 Å². The number of nitrogens with one attached hydrogen (secondary N) is 1. The van der Waals surface area contributed by atoms with Crippen LogP contribution < -0.4 is 15.2 Å². The van der Waals surface area contributed by atoms with Crippen molar-refractivity contribution in [1.29, 1.82) is 0 Å². The predicted molar refractivity (Wildman–Crippen MR) is 103 cm³/mol. The van der Waals surface area contributed by atoms with Crippen LogP contribution in [0, 0.1) is 11.8 Å². The maximum Gasteiger partial charge on any atom is 0.342 e. The Bertz CT molecular complexity index is 839. The first-order valence-corrected chi connectivity index (χ1v) is 10.8. The zero-order chi connectivity index (χ0) is 21.1. The molecule has 4 atom stereocenters. The quantitative estimate of drug-likeness (QED) is 0.687. The molecule has 1 amide bonds. The number of ether oxygens (including phenoxy) is 2. The van der Waals surface area contributed by atoms with Crippen molar-refractivity contribution >= 4 is 21.9 Å². The number of sulfonamides is 1. The number of hydrogen-bond donors (Lipinski definition) is 2. The summed E-state index contributed by atoms with van der Waals surface area (Å²) in [6, 6.07) is 3.66. The SMILES string of the molecule is COc1ccc(S(N)(=O)=O)cc1C(=O)O[C@H](C)C(=O)N[C@@H]1CCC[C@@H](C)[C@@H]1C. The summed E-state index contributed by atoms with van der Waals surface area (Å²) in [5, 5.41) is 8.07. The average Bonchev–Trinajstić information content (AvgIpc) is 2.63. The molecular formula is C19H28N2O6S. The fourth-order valence-corrected chi connectivity index (χ4v) is 3.93. The molecule has 9 heteroatoms. The Morgan fingerprint density at radius 3 is 2.54 bits per heavy atom. The molecule has 0 aromatic heterocycles. The lowest BCUT2D eigenvalue weighted by Crippen LogP contribution is -2.47. The summed E-state index contributed by atoms with van der Waals surface area (Å²) in [6.07, 6.45) is 2.03. The second-order valence-corrected chi connectivity index (χ2v) is 8.90. The minimum atomic E-state index is -4.00. The lowest BCUT2D eigenvalue weighted by Gasteiger charge is -2.35. The molecule has 0 unspecified atom stereocenters. The van der Waals surface area contributed by atoms with Gasteiger partial charge in [-0.25, -0.2) is 18.4 Å². The van der Waals surface area contributed by atoms with Crippen molar-refractivity contribution in [3.8, 4) is 5.75 Å². The third-order valence-electron chi connectivity index (χ3n) is 5.41. The standard InChI is InChI=1S/C19H28N2O6S/c1-11-6-5-7-16(12(11)2)21-18(22)13(3)27-19(23)15-10-14(28(20,24)25)8-9-17(15)26-4/h8-13,16H,5-7H2,1-4H3,(H,21,22)(H2,20,24,25)/t11-,12+,13-,16-/m1/s1. The van der Waals surface area contributed by atoms with Crippen LogP contribution in [-0.4, -0.2) is 39.5 Å². The third kappa shape index (κ3) is 5.23. The number of carbonyl (C=O) groups is 2. The highest BCUT2D eigenvalue weighted by molar-refractivity contribution is 7.89. The van der Waals surface area contributed by atoms with E-state index >= 15 is 0 Å². The van der Waals surface area contributed by atoms with Crippen molar-refractivity contribution in [3.63, 3.8) is 0 Å². The lowest BCUT2D eigenvalue weighted by atomic mass is 9.78. The van der Waals surface area contributed by atoms with Crippen LogP contribution in [0.25, 0.3) is 0 Å². The van der Waals surface area contributed by atoms with Crippen molar-refractivity contribution in [3.05, 3.63) is 23.8 Å². The molecule has 0 saturated heterocycles. The monoisotopic (exact) mass is 412 g/mol. The minimum absolute atomic E-state index is 0.0395. The van der Waals surface area contributed by atoms with Crippen LogP contribution in [0.3, 0.4) is 0 Å². The van der Waals surface area contributed by atoms with E-state index in [0.29, 0.717) is 11.8 Å². The fourth-order valence-electron chi connectivity index (χ4n) is 3.39. The maximum atomic E-state index is 12.5. The van der Waals surface area contributed by atoms with E-state index in [4.69, 9.17) is 14.6 Å². The highest BCUT2D eigenvalue weighted by Crippen LogP contribution is 2.29. The molecule has 0 radical (unpaired) electrons. The molecule has 1 aliphatic rings. The average molecular weight is 413 g/mol. The number of esters is 1. The van der Waals surface area contributed by atoms with Crippen LogP contribution in [0.4, 0.5) is 0 Å². The van der Waals surface area contributed by atoms with Gasteiger partial charge in [0, 0.05) is 6.04 Å². The van der Waals surface area contributed by atoms with Gasteiger partial charge >= 0.3 is 5.97 Å². The highest BCUT2D eigenvalue weighted by atomic mass is 32.2. The van der Waals surface area contributed by atoms with Gasteiger partial charge in [-0.3, -0.25) is 4.79 Å². The number of benzene rings is 1. The van der Waals surface area contributed by atoms with Crippen molar-refractivity contribution in [2.75, 3.05) is 7.11 Å². The number of methoxy groups -OCH3 is 1. The van der Waals surface area contributed by atoms with E-state index in [1.165, 1.54) is 26.2 Å². The zero-order valence-electron chi connectivity index (χ0n) is 16.6. The number of nitrogens with two attached hydrogens (primary N) is 1. The number of rotatable bonds is 6. The van der Waals surface area contributed by atoms with E-state index < -0.39 is 22.1 Å². The van der Waals surface area contributed by atoms with Gasteiger partial charge in [0.1, 0.15) is 11.3 Å². The van der Waals surface area contributed by atoms with E-state index in [9.17, 15) is 18.0 Å². The van der Waals surface area contributed by atoms with Gasteiger partial charge in [-0.2, -0.15) is 0 Å². The molecule has 1 saturated carbocycles. The van der Waals surface area contributed by atoms with Crippen LogP contribution in [0.1, 0.15) is 50.4 Å². The van der Waals surface area contributed by atoms with Crippen molar-refractivity contribution in [2.45, 2.75) is 57.1 Å².